The molecule has 0 radical (unpaired) electrons. The van der Waals surface area contributed by atoms with Crippen LogP contribution >= 0.6 is 0 Å². The number of nitrogens with one attached hydrogen (secondary N) is 2. The van der Waals surface area contributed by atoms with Gasteiger partial charge in [-0.25, -0.2) is 13.1 Å². The van der Waals surface area contributed by atoms with Gasteiger partial charge in [0.2, 0.25) is 10.0 Å². The topological polar surface area (TPSA) is 84.5 Å². The summed E-state index contributed by atoms with van der Waals surface area (Å²) in [4.78, 5) is 13.3. The molecule has 3 aromatic carbocycles. The van der Waals surface area contributed by atoms with Gasteiger partial charge in [-0.15, -0.1) is 0 Å². The largest absolute Gasteiger partial charge is 0.487 e. The van der Waals surface area contributed by atoms with E-state index in [1.807, 2.05) is 64.1 Å². The number of benzene rings is 3. The molecule has 1 aliphatic heterocycles. The Morgan fingerprint density at radius 1 is 1.00 bits per heavy atom. The molecule has 1 aliphatic rings. The summed E-state index contributed by atoms with van der Waals surface area (Å²) in [6, 6.07) is 19.2. The number of amides is 1. The van der Waals surface area contributed by atoms with Crippen molar-refractivity contribution in [2.24, 2.45) is 0 Å². The maximum absolute atomic E-state index is 13.2. The third-order valence-corrected chi connectivity index (χ3v) is 7.80. The van der Waals surface area contributed by atoms with Crippen molar-refractivity contribution >= 4 is 21.6 Å². The molecule has 0 bridgehead atoms. The predicted molar refractivity (Wildman–Crippen MR) is 138 cm³/mol. The van der Waals surface area contributed by atoms with Gasteiger partial charge in [-0.3, -0.25) is 4.79 Å². The Morgan fingerprint density at radius 2 is 1.71 bits per heavy atom. The lowest BCUT2D eigenvalue weighted by atomic mass is 9.89. The molecule has 0 saturated carbocycles. The number of sulfonamides is 1. The van der Waals surface area contributed by atoms with E-state index in [0.717, 1.165) is 29.7 Å². The number of fused-ring (bicyclic) bond motifs is 1. The first-order valence-electron chi connectivity index (χ1n) is 12.0. The van der Waals surface area contributed by atoms with Gasteiger partial charge < -0.3 is 10.1 Å². The second kappa shape index (κ2) is 9.84. The maximum Gasteiger partial charge on any atom is 0.255 e. The number of ether oxygens (including phenoxy) is 1. The van der Waals surface area contributed by atoms with E-state index < -0.39 is 21.7 Å². The SMILES string of the molecule is CCc1ccc(S(=O)(=O)N[C@H]2CC(C)(C)Oc3ccc(C(=O)Nc4ccccc4CC)cc32)cc1. The Kier molecular flexibility index (Phi) is 7.01. The van der Waals surface area contributed by atoms with Crippen molar-refractivity contribution in [3.8, 4) is 5.75 Å². The average molecular weight is 493 g/mol. The minimum atomic E-state index is -3.77. The Hall–Kier alpha value is -3.16. The van der Waals surface area contributed by atoms with Crippen LogP contribution in [-0.4, -0.2) is 19.9 Å². The summed E-state index contributed by atoms with van der Waals surface area (Å²) in [7, 11) is -3.77. The normalized spacial score (nSPS) is 16.7. The maximum atomic E-state index is 13.2. The monoisotopic (exact) mass is 492 g/mol. The fourth-order valence-electron chi connectivity index (χ4n) is 4.41. The molecule has 6 nitrogen and oxygen atoms in total. The number of hydrogen-bond acceptors (Lipinski definition) is 4. The minimum Gasteiger partial charge on any atom is -0.487 e. The van der Waals surface area contributed by atoms with Crippen LogP contribution in [0.3, 0.4) is 0 Å². The summed E-state index contributed by atoms with van der Waals surface area (Å²) in [6.45, 7) is 7.91. The zero-order valence-electron chi connectivity index (χ0n) is 20.6. The molecule has 1 atom stereocenters. The lowest BCUT2D eigenvalue weighted by Gasteiger charge is -2.38. The van der Waals surface area contributed by atoms with Gasteiger partial charge in [-0.2, -0.15) is 0 Å². The second-order valence-electron chi connectivity index (χ2n) is 9.45. The van der Waals surface area contributed by atoms with E-state index in [1.165, 1.54) is 0 Å². The van der Waals surface area contributed by atoms with Gasteiger partial charge in [-0.1, -0.05) is 44.2 Å². The van der Waals surface area contributed by atoms with E-state index in [9.17, 15) is 13.2 Å². The van der Waals surface area contributed by atoms with Crippen LogP contribution in [0.25, 0.3) is 0 Å². The van der Waals surface area contributed by atoms with Crippen molar-refractivity contribution in [2.75, 3.05) is 5.32 Å². The summed E-state index contributed by atoms with van der Waals surface area (Å²) in [5, 5.41) is 2.98. The first-order valence-corrected chi connectivity index (χ1v) is 13.4. The number of carbonyl (C=O) groups is 1. The summed E-state index contributed by atoms with van der Waals surface area (Å²) in [5.41, 5.74) is 3.40. The van der Waals surface area contributed by atoms with Gasteiger partial charge in [0.25, 0.3) is 5.91 Å². The summed E-state index contributed by atoms with van der Waals surface area (Å²) < 4.78 is 35.4. The summed E-state index contributed by atoms with van der Waals surface area (Å²) >= 11 is 0. The second-order valence-corrected chi connectivity index (χ2v) is 11.2. The van der Waals surface area contributed by atoms with Crippen LogP contribution in [0.1, 0.15) is 67.2 Å². The van der Waals surface area contributed by atoms with E-state index in [2.05, 4.69) is 10.0 Å². The lowest BCUT2D eigenvalue weighted by Crippen LogP contribution is -2.41. The Bertz CT molecular complexity index is 1330. The van der Waals surface area contributed by atoms with E-state index >= 15 is 0 Å². The van der Waals surface area contributed by atoms with Crippen LogP contribution in [-0.2, 0) is 22.9 Å². The van der Waals surface area contributed by atoms with Gasteiger partial charge in [0.15, 0.2) is 0 Å². The van der Waals surface area contributed by atoms with E-state index in [-0.39, 0.29) is 10.8 Å². The number of para-hydroxylation sites is 1. The molecule has 0 aromatic heterocycles. The van der Waals surface area contributed by atoms with Crippen LogP contribution in [0.15, 0.2) is 71.6 Å². The van der Waals surface area contributed by atoms with Crippen molar-refractivity contribution in [3.05, 3.63) is 89.0 Å². The molecule has 0 spiro atoms. The highest BCUT2D eigenvalue weighted by Crippen LogP contribution is 2.40. The first-order chi connectivity index (χ1) is 16.6. The molecular weight excluding hydrogens is 460 g/mol. The molecule has 184 valence electrons. The van der Waals surface area contributed by atoms with Gasteiger partial charge in [0, 0.05) is 23.2 Å². The number of hydrogen-bond donors (Lipinski definition) is 2. The Balaban J connectivity index is 1.64. The lowest BCUT2D eigenvalue weighted by molar-refractivity contribution is 0.0701. The van der Waals surface area contributed by atoms with Crippen LogP contribution in [0.5, 0.6) is 5.75 Å². The average Bonchev–Trinajstić information content (AvgIpc) is 2.83. The van der Waals surface area contributed by atoms with Crippen LogP contribution < -0.4 is 14.8 Å². The van der Waals surface area contributed by atoms with Gasteiger partial charge in [-0.05, 0) is 74.2 Å². The zero-order chi connectivity index (χ0) is 25.2. The van der Waals surface area contributed by atoms with Crippen LogP contribution in [0.2, 0.25) is 0 Å². The molecule has 2 N–H and O–H groups in total. The molecule has 1 heterocycles. The number of anilines is 1. The molecule has 0 saturated heterocycles. The number of rotatable bonds is 7. The quantitative estimate of drug-likeness (QED) is 0.447. The molecule has 3 aromatic rings. The molecule has 0 unspecified atom stereocenters. The third-order valence-electron chi connectivity index (χ3n) is 6.32. The van der Waals surface area contributed by atoms with Crippen molar-refractivity contribution in [3.63, 3.8) is 0 Å². The van der Waals surface area contributed by atoms with Gasteiger partial charge in [0.1, 0.15) is 11.4 Å². The Labute approximate surface area is 207 Å². The Morgan fingerprint density at radius 3 is 2.40 bits per heavy atom. The van der Waals surface area contributed by atoms with Gasteiger partial charge in [0.05, 0.1) is 10.9 Å². The van der Waals surface area contributed by atoms with Crippen LogP contribution in [0, 0.1) is 0 Å². The molecule has 0 fully saturated rings. The molecule has 35 heavy (non-hydrogen) atoms. The molecule has 7 heteroatoms. The molecular formula is C28H32N2O4S. The first kappa shape index (κ1) is 24.9. The molecule has 0 aliphatic carbocycles. The van der Waals surface area contributed by atoms with Crippen molar-refractivity contribution < 1.29 is 17.9 Å². The zero-order valence-corrected chi connectivity index (χ0v) is 21.4. The molecule has 4 rings (SSSR count). The highest BCUT2D eigenvalue weighted by Gasteiger charge is 2.36. The van der Waals surface area contributed by atoms with E-state index in [4.69, 9.17) is 4.74 Å². The highest BCUT2D eigenvalue weighted by atomic mass is 32.2. The standard InChI is InChI=1S/C28H32N2O4S/c1-5-19-11-14-22(15-12-19)35(32,33)30-25-18-28(3,4)34-26-16-13-21(17-23(25)26)27(31)29-24-10-8-7-9-20(24)6-2/h7-17,25,30H,5-6,18H2,1-4H3,(H,29,31)/t25-/m0/s1. The molecule has 1 amide bonds. The fraction of sp³-hybridized carbons (Fsp3) is 0.321. The minimum absolute atomic E-state index is 0.214. The number of aryl methyl sites for hydroxylation is 2. The number of carbonyl (C=O) groups excluding carboxylic acids is 1. The fourth-order valence-corrected chi connectivity index (χ4v) is 5.62. The van der Waals surface area contributed by atoms with Crippen molar-refractivity contribution in [1.29, 1.82) is 0 Å². The van der Waals surface area contributed by atoms with E-state index in [0.29, 0.717) is 23.3 Å². The smallest absolute Gasteiger partial charge is 0.255 e. The third kappa shape index (κ3) is 5.57. The van der Waals surface area contributed by atoms with Crippen molar-refractivity contribution in [2.45, 2.75) is 63.5 Å². The summed E-state index contributed by atoms with van der Waals surface area (Å²) in [6.07, 6.45) is 2.06. The van der Waals surface area contributed by atoms with E-state index in [1.54, 1.807) is 30.3 Å². The van der Waals surface area contributed by atoms with Gasteiger partial charge >= 0.3 is 0 Å². The van der Waals surface area contributed by atoms with Crippen molar-refractivity contribution in [1.82, 2.24) is 4.72 Å². The van der Waals surface area contributed by atoms with Crippen LogP contribution in [0.4, 0.5) is 5.69 Å². The summed E-state index contributed by atoms with van der Waals surface area (Å²) in [5.74, 6) is 0.316. The predicted octanol–water partition coefficient (Wildman–Crippen LogP) is 5.64. The highest BCUT2D eigenvalue weighted by molar-refractivity contribution is 7.89.